The van der Waals surface area contributed by atoms with Gasteiger partial charge in [-0.05, 0) is 43.5 Å². The van der Waals surface area contributed by atoms with Crippen LogP contribution in [0, 0.1) is 0 Å². The highest BCUT2D eigenvalue weighted by atomic mass is 16.5. The van der Waals surface area contributed by atoms with Crippen LogP contribution in [0.3, 0.4) is 0 Å². The molecule has 1 atom stereocenters. The molecule has 1 aliphatic heterocycles. The van der Waals surface area contributed by atoms with Gasteiger partial charge in [0.15, 0.2) is 0 Å². The number of hydrogen-bond acceptors (Lipinski definition) is 6. The maximum absolute atomic E-state index is 13.3. The van der Waals surface area contributed by atoms with Crippen LogP contribution in [0.2, 0.25) is 0 Å². The van der Waals surface area contributed by atoms with Crippen LogP contribution in [0.5, 0.6) is 0 Å². The van der Waals surface area contributed by atoms with Crippen molar-refractivity contribution in [3.63, 3.8) is 0 Å². The molecule has 0 saturated carbocycles. The maximum atomic E-state index is 13.3. The minimum atomic E-state index is -0.0640. The molecule has 8 nitrogen and oxygen atoms in total. The van der Waals surface area contributed by atoms with Gasteiger partial charge in [0, 0.05) is 44.6 Å². The van der Waals surface area contributed by atoms with Gasteiger partial charge in [-0.1, -0.05) is 12.1 Å². The summed E-state index contributed by atoms with van der Waals surface area (Å²) >= 11 is 0. The molecule has 0 spiro atoms. The average molecular weight is 421 g/mol. The third kappa shape index (κ3) is 4.44. The number of rotatable bonds is 7. The maximum Gasteiger partial charge on any atom is 0.254 e. The number of carbonyl (C=O) groups excluding carboxylic acids is 1. The molecule has 31 heavy (non-hydrogen) atoms. The molecular weight excluding hydrogens is 392 g/mol. The van der Waals surface area contributed by atoms with Gasteiger partial charge in [-0.2, -0.15) is 5.10 Å². The third-order valence-electron chi connectivity index (χ3n) is 5.51. The molecule has 8 heteroatoms. The van der Waals surface area contributed by atoms with Crippen molar-refractivity contribution in [1.82, 2.24) is 25.1 Å². The summed E-state index contributed by atoms with van der Waals surface area (Å²) in [5, 5.41) is 7.40. The smallest absolute Gasteiger partial charge is 0.254 e. The van der Waals surface area contributed by atoms with Gasteiger partial charge in [0.2, 0.25) is 5.95 Å². The molecule has 4 rings (SSSR count). The Kier molecular flexibility index (Phi) is 6.27. The third-order valence-corrected chi connectivity index (χ3v) is 5.51. The predicted octanol–water partition coefficient (Wildman–Crippen LogP) is 3.45. The molecule has 2 aromatic heterocycles. The van der Waals surface area contributed by atoms with Crippen LogP contribution >= 0.6 is 0 Å². The van der Waals surface area contributed by atoms with E-state index in [2.05, 4.69) is 20.2 Å². The molecule has 1 N–H and O–H groups in total. The van der Waals surface area contributed by atoms with E-state index in [9.17, 15) is 4.79 Å². The van der Waals surface area contributed by atoms with Gasteiger partial charge in [-0.15, -0.1) is 0 Å². The number of anilines is 1. The molecule has 3 heterocycles. The largest absolute Gasteiger partial charge is 0.377 e. The van der Waals surface area contributed by atoms with Gasteiger partial charge in [-0.3, -0.25) is 9.89 Å². The van der Waals surface area contributed by atoms with Crippen molar-refractivity contribution < 1.29 is 9.53 Å². The van der Waals surface area contributed by atoms with E-state index in [1.807, 2.05) is 61.2 Å². The summed E-state index contributed by atoms with van der Waals surface area (Å²) in [4.78, 5) is 26.0. The fraction of sp³-hybridized carbons (Fsp3) is 0.391. The second-order valence-electron chi connectivity index (χ2n) is 7.82. The summed E-state index contributed by atoms with van der Waals surface area (Å²) in [5.74, 6) is 0.666. The lowest BCUT2D eigenvalue weighted by atomic mass is 10.0. The quantitative estimate of drug-likeness (QED) is 0.630. The monoisotopic (exact) mass is 420 g/mol. The Balaban J connectivity index is 1.58. The minimum Gasteiger partial charge on any atom is -0.377 e. The van der Waals surface area contributed by atoms with Crippen molar-refractivity contribution in [3.05, 3.63) is 59.5 Å². The second-order valence-corrected chi connectivity index (χ2v) is 7.82. The van der Waals surface area contributed by atoms with E-state index in [1.165, 1.54) is 0 Å². The van der Waals surface area contributed by atoms with Gasteiger partial charge in [0.25, 0.3) is 5.91 Å². The number of H-pyrrole nitrogens is 1. The zero-order valence-electron chi connectivity index (χ0n) is 18.2. The number of nitrogens with one attached hydrogen (secondary N) is 1. The molecule has 0 radical (unpaired) electrons. The van der Waals surface area contributed by atoms with Crippen LogP contribution in [0.25, 0.3) is 11.3 Å². The van der Waals surface area contributed by atoms with Gasteiger partial charge >= 0.3 is 0 Å². The number of carbonyl (C=O) groups is 1. The van der Waals surface area contributed by atoms with Gasteiger partial charge < -0.3 is 14.5 Å². The van der Waals surface area contributed by atoms with Gasteiger partial charge in [0.1, 0.15) is 0 Å². The van der Waals surface area contributed by atoms with Crippen molar-refractivity contribution in [2.24, 2.45) is 0 Å². The first-order chi connectivity index (χ1) is 15.1. The summed E-state index contributed by atoms with van der Waals surface area (Å²) in [7, 11) is 3.82. The van der Waals surface area contributed by atoms with Crippen LogP contribution in [-0.4, -0.2) is 58.2 Å². The standard InChI is InChI=1S/C23H28N6O2/c1-4-31-15-16-7-9-17(10-8-16)22(30)29-13-5-6-20(29)21-18(14-25-27-21)19-11-12-24-23(26-19)28(2)3/h7-12,14,20H,4-6,13,15H2,1-3H3,(H,25,27)/t20-/m1/s1. The zero-order chi connectivity index (χ0) is 21.8. The summed E-state index contributed by atoms with van der Waals surface area (Å²) in [6, 6.07) is 9.49. The molecule has 3 aromatic rings. The molecule has 0 unspecified atom stereocenters. The molecule has 0 bridgehead atoms. The molecular formula is C23H28N6O2. The number of benzene rings is 1. The fourth-order valence-electron chi connectivity index (χ4n) is 3.91. The normalized spacial score (nSPS) is 16.0. The van der Waals surface area contributed by atoms with Crippen molar-refractivity contribution in [2.75, 3.05) is 32.1 Å². The zero-order valence-corrected chi connectivity index (χ0v) is 18.2. The minimum absolute atomic E-state index is 0.0303. The number of likely N-dealkylation sites (tertiary alicyclic amines) is 1. The highest BCUT2D eigenvalue weighted by Gasteiger charge is 2.33. The van der Waals surface area contributed by atoms with Crippen molar-refractivity contribution >= 4 is 11.9 Å². The first-order valence-electron chi connectivity index (χ1n) is 10.6. The topological polar surface area (TPSA) is 87.2 Å². The summed E-state index contributed by atoms with van der Waals surface area (Å²) in [5.41, 5.74) is 4.37. The summed E-state index contributed by atoms with van der Waals surface area (Å²) in [6.07, 6.45) is 5.36. The molecule has 1 aromatic carbocycles. The van der Waals surface area contributed by atoms with E-state index in [1.54, 1.807) is 12.4 Å². The van der Waals surface area contributed by atoms with Crippen molar-refractivity contribution in [1.29, 1.82) is 0 Å². The predicted molar refractivity (Wildman–Crippen MR) is 119 cm³/mol. The lowest BCUT2D eigenvalue weighted by molar-refractivity contribution is 0.0733. The molecule has 1 saturated heterocycles. The van der Waals surface area contributed by atoms with Crippen LogP contribution in [-0.2, 0) is 11.3 Å². The average Bonchev–Trinajstić information content (AvgIpc) is 3.47. The molecule has 1 fully saturated rings. The highest BCUT2D eigenvalue weighted by Crippen LogP contribution is 2.37. The number of aromatic nitrogens is 4. The first-order valence-corrected chi connectivity index (χ1v) is 10.6. The molecule has 1 aliphatic rings. The Hall–Kier alpha value is -3.26. The van der Waals surface area contributed by atoms with E-state index in [0.29, 0.717) is 24.7 Å². The molecule has 162 valence electrons. The van der Waals surface area contributed by atoms with Crippen LogP contribution in [0.1, 0.15) is 47.4 Å². The first kappa shape index (κ1) is 21.0. The van der Waals surface area contributed by atoms with E-state index >= 15 is 0 Å². The lowest BCUT2D eigenvalue weighted by Crippen LogP contribution is -2.31. The fourth-order valence-corrected chi connectivity index (χ4v) is 3.91. The summed E-state index contributed by atoms with van der Waals surface area (Å²) < 4.78 is 5.44. The van der Waals surface area contributed by atoms with E-state index in [4.69, 9.17) is 4.74 Å². The van der Waals surface area contributed by atoms with E-state index in [-0.39, 0.29) is 11.9 Å². The van der Waals surface area contributed by atoms with E-state index in [0.717, 1.165) is 41.9 Å². The number of ether oxygens (including phenoxy) is 1. The second kappa shape index (κ2) is 9.26. The highest BCUT2D eigenvalue weighted by molar-refractivity contribution is 5.94. The Morgan fingerprint density at radius 2 is 2.06 bits per heavy atom. The van der Waals surface area contributed by atoms with E-state index < -0.39 is 0 Å². The molecule has 1 amide bonds. The SMILES string of the molecule is CCOCc1ccc(C(=O)N2CCC[C@@H]2c2[nH]ncc2-c2ccnc(N(C)C)n2)cc1. The lowest BCUT2D eigenvalue weighted by Gasteiger charge is -2.25. The Bertz CT molecular complexity index is 1030. The van der Waals surface area contributed by atoms with Crippen molar-refractivity contribution in [3.8, 4) is 11.3 Å². The Morgan fingerprint density at radius 1 is 1.26 bits per heavy atom. The summed E-state index contributed by atoms with van der Waals surface area (Å²) in [6.45, 7) is 3.92. The molecule has 0 aliphatic carbocycles. The number of hydrogen-bond donors (Lipinski definition) is 1. The number of nitrogens with zero attached hydrogens (tertiary/aromatic N) is 5. The van der Waals surface area contributed by atoms with Crippen LogP contribution < -0.4 is 4.90 Å². The van der Waals surface area contributed by atoms with Gasteiger partial charge in [-0.25, -0.2) is 9.97 Å². The number of aromatic amines is 1. The van der Waals surface area contributed by atoms with Gasteiger partial charge in [0.05, 0.1) is 30.2 Å². The van der Waals surface area contributed by atoms with Crippen molar-refractivity contribution in [2.45, 2.75) is 32.4 Å². The number of amides is 1. The van der Waals surface area contributed by atoms with Crippen LogP contribution in [0.15, 0.2) is 42.7 Å². The van der Waals surface area contributed by atoms with Crippen LogP contribution in [0.4, 0.5) is 5.95 Å². The Morgan fingerprint density at radius 3 is 2.81 bits per heavy atom. The Labute approximate surface area is 182 Å².